The summed E-state index contributed by atoms with van der Waals surface area (Å²) in [5.74, 6) is -0.269. The molecule has 1 heterocycles. The number of nitrogens with two attached hydrogens (primary N) is 1. The molecule has 7 heteroatoms. The molecule has 0 aliphatic heterocycles. The van der Waals surface area contributed by atoms with Crippen molar-refractivity contribution in [3.63, 3.8) is 0 Å². The van der Waals surface area contributed by atoms with Gasteiger partial charge in [0, 0.05) is 6.54 Å². The molecule has 1 amide bonds. The molecule has 0 atom stereocenters. The molecule has 0 aliphatic rings. The minimum Gasteiger partial charge on any atom is -0.506 e. The number of carbonyl (C=O) groups excluding carboxylic acids is 1. The third-order valence-corrected chi connectivity index (χ3v) is 2.53. The first-order valence-corrected chi connectivity index (χ1v) is 5.77. The quantitative estimate of drug-likeness (QED) is 0.690. The molecule has 0 saturated heterocycles. The lowest BCUT2D eigenvalue weighted by Crippen LogP contribution is -2.19. The molecule has 0 saturated carbocycles. The molecule has 0 spiro atoms. The van der Waals surface area contributed by atoms with E-state index in [2.05, 4.69) is 15.6 Å². The Bertz CT molecular complexity index is 594. The second-order valence-corrected chi connectivity index (χ2v) is 4.18. The molecule has 0 bridgehead atoms. The van der Waals surface area contributed by atoms with E-state index in [-0.39, 0.29) is 24.7 Å². The number of rotatable bonds is 4. The molecule has 0 radical (unpaired) electrons. The topological polar surface area (TPSA) is 106 Å². The van der Waals surface area contributed by atoms with Crippen molar-refractivity contribution < 1.29 is 9.90 Å². The number of anilines is 1. The first-order valence-electron chi connectivity index (χ1n) is 5.77. The fraction of sp³-hybridized carbons (Fsp3) is 0.250. The zero-order chi connectivity index (χ0) is 13.8. The van der Waals surface area contributed by atoms with E-state index >= 15 is 0 Å². The summed E-state index contributed by atoms with van der Waals surface area (Å²) in [7, 11) is 0. The van der Waals surface area contributed by atoms with Crippen LogP contribution in [0.4, 0.5) is 5.69 Å². The van der Waals surface area contributed by atoms with E-state index in [4.69, 9.17) is 5.73 Å². The van der Waals surface area contributed by atoms with Gasteiger partial charge in [-0.25, -0.2) is 4.68 Å². The smallest absolute Gasteiger partial charge is 0.246 e. The lowest BCUT2D eigenvalue weighted by molar-refractivity contribution is -0.116. The number of phenolic OH excluding ortho intramolecular Hbond substituents is 1. The third kappa shape index (κ3) is 3.29. The van der Waals surface area contributed by atoms with Gasteiger partial charge in [-0.15, -0.1) is 5.10 Å². The zero-order valence-electron chi connectivity index (χ0n) is 10.5. The van der Waals surface area contributed by atoms with Crippen molar-refractivity contribution in [2.45, 2.75) is 20.0 Å². The Hall–Kier alpha value is -2.41. The molecule has 7 nitrogen and oxygen atoms in total. The lowest BCUT2D eigenvalue weighted by Gasteiger charge is -2.07. The summed E-state index contributed by atoms with van der Waals surface area (Å²) in [5, 5.41) is 19.8. The molecule has 100 valence electrons. The average Bonchev–Trinajstić information content (AvgIpc) is 2.81. The summed E-state index contributed by atoms with van der Waals surface area (Å²) in [6, 6.07) is 4.99. The van der Waals surface area contributed by atoms with Crippen LogP contribution in [0.3, 0.4) is 0 Å². The number of benzene rings is 1. The largest absolute Gasteiger partial charge is 0.506 e. The van der Waals surface area contributed by atoms with Crippen LogP contribution in [0.5, 0.6) is 5.75 Å². The van der Waals surface area contributed by atoms with Gasteiger partial charge in [0.15, 0.2) is 0 Å². The number of hydrogen-bond acceptors (Lipinski definition) is 5. The Kier molecular flexibility index (Phi) is 3.76. The number of carbonyl (C=O) groups is 1. The highest BCUT2D eigenvalue weighted by Crippen LogP contribution is 2.23. The van der Waals surface area contributed by atoms with Crippen LogP contribution in [0.25, 0.3) is 0 Å². The van der Waals surface area contributed by atoms with Crippen molar-refractivity contribution in [1.82, 2.24) is 15.0 Å². The first-order chi connectivity index (χ1) is 9.08. The number of phenols is 1. The number of aryl methyl sites for hydroxylation is 1. The molecule has 1 aromatic carbocycles. The molecule has 0 unspecified atom stereocenters. The van der Waals surface area contributed by atoms with E-state index in [1.54, 1.807) is 18.3 Å². The maximum Gasteiger partial charge on any atom is 0.246 e. The minimum atomic E-state index is -0.297. The van der Waals surface area contributed by atoms with Crippen LogP contribution < -0.4 is 11.1 Å². The van der Waals surface area contributed by atoms with E-state index in [1.807, 2.05) is 6.92 Å². The van der Waals surface area contributed by atoms with Gasteiger partial charge in [-0.2, -0.15) is 0 Å². The van der Waals surface area contributed by atoms with Gasteiger partial charge in [-0.1, -0.05) is 11.3 Å². The summed E-state index contributed by atoms with van der Waals surface area (Å²) < 4.78 is 1.39. The monoisotopic (exact) mass is 261 g/mol. The van der Waals surface area contributed by atoms with E-state index < -0.39 is 0 Å². The van der Waals surface area contributed by atoms with Crippen LogP contribution in [0.2, 0.25) is 0 Å². The van der Waals surface area contributed by atoms with Gasteiger partial charge in [-0.3, -0.25) is 4.79 Å². The van der Waals surface area contributed by atoms with Crippen molar-refractivity contribution in [2.24, 2.45) is 5.73 Å². The van der Waals surface area contributed by atoms with Gasteiger partial charge < -0.3 is 16.2 Å². The third-order valence-electron chi connectivity index (χ3n) is 2.53. The fourth-order valence-electron chi connectivity index (χ4n) is 1.60. The van der Waals surface area contributed by atoms with Gasteiger partial charge in [0.2, 0.25) is 5.91 Å². The number of aromatic hydroxyl groups is 1. The Labute approximate surface area is 110 Å². The summed E-state index contributed by atoms with van der Waals surface area (Å²) in [4.78, 5) is 11.8. The van der Waals surface area contributed by atoms with Crippen LogP contribution in [-0.4, -0.2) is 26.0 Å². The van der Waals surface area contributed by atoms with E-state index in [0.29, 0.717) is 11.4 Å². The number of amides is 1. The molecule has 2 rings (SSSR count). The van der Waals surface area contributed by atoms with E-state index in [9.17, 15) is 9.90 Å². The molecule has 0 aliphatic carbocycles. The van der Waals surface area contributed by atoms with E-state index in [1.165, 1.54) is 10.7 Å². The lowest BCUT2D eigenvalue weighted by atomic mass is 10.2. The van der Waals surface area contributed by atoms with Crippen molar-refractivity contribution in [1.29, 1.82) is 0 Å². The van der Waals surface area contributed by atoms with Gasteiger partial charge in [0.05, 0.1) is 17.6 Å². The molecule has 4 N–H and O–H groups in total. The zero-order valence-corrected chi connectivity index (χ0v) is 10.5. The SMILES string of the molecule is Cc1ccc(O)c(NC(=O)Cn2cc(CN)nn2)c1. The second-order valence-electron chi connectivity index (χ2n) is 4.18. The van der Waals surface area contributed by atoms with Gasteiger partial charge >= 0.3 is 0 Å². The number of hydrogen-bond donors (Lipinski definition) is 3. The van der Waals surface area contributed by atoms with Crippen LogP contribution in [-0.2, 0) is 17.9 Å². The first kappa shape index (κ1) is 13.0. The fourth-order valence-corrected chi connectivity index (χ4v) is 1.60. The summed E-state index contributed by atoms with van der Waals surface area (Å²) in [5.41, 5.74) is 7.34. The van der Waals surface area contributed by atoms with Crippen molar-refractivity contribution >= 4 is 11.6 Å². The maximum absolute atomic E-state index is 11.8. The highest BCUT2D eigenvalue weighted by Gasteiger charge is 2.08. The Morgan fingerprint density at radius 1 is 1.53 bits per heavy atom. The van der Waals surface area contributed by atoms with Gasteiger partial charge in [-0.05, 0) is 24.6 Å². The molecule has 0 fully saturated rings. The van der Waals surface area contributed by atoms with Crippen molar-refractivity contribution in [2.75, 3.05) is 5.32 Å². The van der Waals surface area contributed by atoms with Gasteiger partial charge in [0.25, 0.3) is 0 Å². The predicted molar refractivity (Wildman–Crippen MR) is 69.4 cm³/mol. The standard InChI is InChI=1S/C12H15N5O2/c1-8-2-3-11(18)10(4-8)14-12(19)7-17-6-9(5-13)15-16-17/h2-4,6,18H,5,7,13H2,1H3,(H,14,19). The normalized spacial score (nSPS) is 10.4. The van der Waals surface area contributed by atoms with Crippen LogP contribution in [0.15, 0.2) is 24.4 Å². The predicted octanol–water partition coefficient (Wildman–Crippen LogP) is 0.390. The second kappa shape index (κ2) is 5.49. The van der Waals surface area contributed by atoms with Crippen molar-refractivity contribution in [3.8, 4) is 5.75 Å². The number of aromatic nitrogens is 3. The molecule has 1 aromatic heterocycles. The van der Waals surface area contributed by atoms with Crippen LogP contribution >= 0.6 is 0 Å². The molecular weight excluding hydrogens is 246 g/mol. The summed E-state index contributed by atoms with van der Waals surface area (Å²) >= 11 is 0. The van der Waals surface area contributed by atoms with Gasteiger partial charge in [0.1, 0.15) is 12.3 Å². The minimum absolute atomic E-state index is 0.0143. The molecular formula is C12H15N5O2. The van der Waals surface area contributed by atoms with Crippen LogP contribution in [0, 0.1) is 6.92 Å². The Balaban J connectivity index is 2.03. The molecule has 2 aromatic rings. The number of nitrogens with zero attached hydrogens (tertiary/aromatic N) is 3. The van der Waals surface area contributed by atoms with E-state index in [0.717, 1.165) is 5.56 Å². The Morgan fingerprint density at radius 3 is 3.00 bits per heavy atom. The highest BCUT2D eigenvalue weighted by molar-refractivity contribution is 5.92. The summed E-state index contributed by atoms with van der Waals surface area (Å²) in [6.07, 6.45) is 1.61. The van der Waals surface area contributed by atoms with Crippen molar-refractivity contribution in [3.05, 3.63) is 35.7 Å². The van der Waals surface area contributed by atoms with Crippen LogP contribution in [0.1, 0.15) is 11.3 Å². The molecule has 19 heavy (non-hydrogen) atoms. The maximum atomic E-state index is 11.8. The Morgan fingerprint density at radius 2 is 2.32 bits per heavy atom. The number of nitrogens with one attached hydrogen (secondary N) is 1. The average molecular weight is 261 g/mol. The highest BCUT2D eigenvalue weighted by atomic mass is 16.3. The summed E-state index contributed by atoms with van der Waals surface area (Å²) in [6.45, 7) is 2.17.